The lowest BCUT2D eigenvalue weighted by Gasteiger charge is -2.08. The molecule has 0 aliphatic heterocycles. The number of benzene rings is 2. The lowest BCUT2D eigenvalue weighted by molar-refractivity contribution is -0.116. The van der Waals surface area contributed by atoms with Crippen LogP contribution in [0.1, 0.15) is 36.5 Å². The minimum absolute atomic E-state index is 0.137. The molecule has 144 valence electrons. The summed E-state index contributed by atoms with van der Waals surface area (Å²) in [7, 11) is 0. The standard InChI is InChI=1S/C23H29NO3/c1-4-5-13-26-21-9-6-20(7-10-21)8-11-23(25)24-12-14-27-22-16-18(2)15-19(3)17-22/h6-11,15-17H,4-5,12-14H2,1-3H3,(H,24,25)/b11-8+. The van der Waals surface area contributed by atoms with Crippen molar-refractivity contribution >= 4 is 12.0 Å². The van der Waals surface area contributed by atoms with Crippen LogP contribution in [0.2, 0.25) is 0 Å². The molecule has 2 aromatic rings. The van der Waals surface area contributed by atoms with Crippen LogP contribution >= 0.6 is 0 Å². The van der Waals surface area contributed by atoms with Crippen molar-refractivity contribution in [3.63, 3.8) is 0 Å². The SMILES string of the molecule is CCCCOc1ccc(/C=C/C(=O)NCCOc2cc(C)cc(C)c2)cc1. The molecule has 4 heteroatoms. The van der Waals surface area contributed by atoms with Crippen LogP contribution in [0.3, 0.4) is 0 Å². The average Bonchev–Trinajstić information content (AvgIpc) is 2.64. The first-order valence-electron chi connectivity index (χ1n) is 9.46. The van der Waals surface area contributed by atoms with Crippen molar-refractivity contribution < 1.29 is 14.3 Å². The molecule has 27 heavy (non-hydrogen) atoms. The molecule has 2 rings (SSSR count). The molecule has 0 bridgehead atoms. The molecule has 1 amide bonds. The second-order valence-corrected chi connectivity index (χ2v) is 6.57. The van der Waals surface area contributed by atoms with Gasteiger partial charge in [-0.05, 0) is 67.3 Å². The summed E-state index contributed by atoms with van der Waals surface area (Å²) in [4.78, 5) is 11.9. The Bertz CT molecular complexity index is 730. The topological polar surface area (TPSA) is 47.6 Å². The lowest BCUT2D eigenvalue weighted by Crippen LogP contribution is -2.26. The Labute approximate surface area is 162 Å². The lowest BCUT2D eigenvalue weighted by atomic mass is 10.1. The smallest absolute Gasteiger partial charge is 0.244 e. The molecule has 4 nitrogen and oxygen atoms in total. The third-order valence-corrected chi connectivity index (χ3v) is 3.94. The summed E-state index contributed by atoms with van der Waals surface area (Å²) in [6.45, 7) is 7.84. The zero-order valence-electron chi connectivity index (χ0n) is 16.5. The number of unbranched alkanes of at least 4 members (excludes halogenated alkanes) is 1. The highest BCUT2D eigenvalue weighted by Gasteiger charge is 1.99. The molecule has 0 saturated heterocycles. The first kappa shape index (κ1) is 20.6. The maximum atomic E-state index is 11.9. The van der Waals surface area contributed by atoms with E-state index in [4.69, 9.17) is 9.47 Å². The van der Waals surface area contributed by atoms with Gasteiger partial charge >= 0.3 is 0 Å². The summed E-state index contributed by atoms with van der Waals surface area (Å²) in [5.74, 6) is 1.55. The number of carbonyl (C=O) groups is 1. The average molecular weight is 367 g/mol. The molecule has 0 radical (unpaired) electrons. The van der Waals surface area contributed by atoms with E-state index >= 15 is 0 Å². The van der Waals surface area contributed by atoms with Gasteiger partial charge in [0.1, 0.15) is 18.1 Å². The Morgan fingerprint density at radius 2 is 1.63 bits per heavy atom. The van der Waals surface area contributed by atoms with Crippen LogP contribution in [0.4, 0.5) is 0 Å². The Hall–Kier alpha value is -2.75. The van der Waals surface area contributed by atoms with Crippen LogP contribution in [0.5, 0.6) is 11.5 Å². The van der Waals surface area contributed by atoms with Crippen molar-refractivity contribution in [3.8, 4) is 11.5 Å². The Morgan fingerprint density at radius 1 is 0.963 bits per heavy atom. The molecule has 0 saturated carbocycles. The van der Waals surface area contributed by atoms with Crippen LogP contribution in [-0.4, -0.2) is 25.7 Å². The van der Waals surface area contributed by atoms with Crippen LogP contribution in [-0.2, 0) is 4.79 Å². The van der Waals surface area contributed by atoms with Gasteiger partial charge in [-0.1, -0.05) is 31.5 Å². The zero-order chi connectivity index (χ0) is 19.5. The van der Waals surface area contributed by atoms with E-state index in [-0.39, 0.29) is 5.91 Å². The molecule has 2 aromatic carbocycles. The molecule has 0 fully saturated rings. The number of amides is 1. The van der Waals surface area contributed by atoms with E-state index in [0.29, 0.717) is 13.2 Å². The van der Waals surface area contributed by atoms with Gasteiger partial charge in [-0.3, -0.25) is 4.79 Å². The van der Waals surface area contributed by atoms with E-state index in [1.54, 1.807) is 6.08 Å². The van der Waals surface area contributed by atoms with Gasteiger partial charge in [0.15, 0.2) is 0 Å². The molecule has 0 spiro atoms. The van der Waals surface area contributed by atoms with E-state index in [2.05, 4.69) is 18.3 Å². The van der Waals surface area contributed by atoms with Crippen molar-refractivity contribution in [2.75, 3.05) is 19.8 Å². The molecular formula is C23H29NO3. The Kier molecular flexibility index (Phi) is 8.43. The van der Waals surface area contributed by atoms with Gasteiger partial charge in [0.25, 0.3) is 0 Å². The molecule has 0 aliphatic carbocycles. The number of aryl methyl sites for hydroxylation is 2. The van der Waals surface area contributed by atoms with E-state index < -0.39 is 0 Å². The maximum Gasteiger partial charge on any atom is 0.244 e. The van der Waals surface area contributed by atoms with Crippen LogP contribution in [0.25, 0.3) is 6.08 Å². The van der Waals surface area contributed by atoms with E-state index in [9.17, 15) is 4.79 Å². The van der Waals surface area contributed by atoms with Gasteiger partial charge < -0.3 is 14.8 Å². The normalized spacial score (nSPS) is 10.8. The third kappa shape index (κ3) is 7.99. The van der Waals surface area contributed by atoms with Crippen LogP contribution in [0.15, 0.2) is 48.5 Å². The van der Waals surface area contributed by atoms with Gasteiger partial charge in [0.2, 0.25) is 5.91 Å². The number of hydrogen-bond donors (Lipinski definition) is 1. The van der Waals surface area contributed by atoms with Crippen LogP contribution in [0, 0.1) is 13.8 Å². The fourth-order valence-corrected chi connectivity index (χ4v) is 2.60. The number of rotatable bonds is 10. The molecule has 1 N–H and O–H groups in total. The van der Waals surface area contributed by atoms with Gasteiger partial charge in [-0.2, -0.15) is 0 Å². The maximum absolute atomic E-state index is 11.9. The molecule has 0 unspecified atom stereocenters. The minimum atomic E-state index is -0.137. The Morgan fingerprint density at radius 3 is 2.30 bits per heavy atom. The summed E-state index contributed by atoms with van der Waals surface area (Å²) in [5.41, 5.74) is 3.29. The second-order valence-electron chi connectivity index (χ2n) is 6.57. The molecule has 0 aliphatic rings. The summed E-state index contributed by atoms with van der Waals surface area (Å²) in [6, 6.07) is 13.8. The minimum Gasteiger partial charge on any atom is -0.494 e. The van der Waals surface area contributed by atoms with Crippen molar-refractivity contribution in [2.24, 2.45) is 0 Å². The van der Waals surface area contributed by atoms with E-state index in [1.165, 1.54) is 17.2 Å². The van der Waals surface area contributed by atoms with Gasteiger partial charge in [0, 0.05) is 6.08 Å². The molecule has 0 aromatic heterocycles. The van der Waals surface area contributed by atoms with Crippen molar-refractivity contribution in [1.82, 2.24) is 5.32 Å². The Balaban J connectivity index is 1.70. The van der Waals surface area contributed by atoms with E-state index in [1.807, 2.05) is 50.2 Å². The fourth-order valence-electron chi connectivity index (χ4n) is 2.60. The number of ether oxygens (including phenoxy) is 2. The summed E-state index contributed by atoms with van der Waals surface area (Å²) >= 11 is 0. The molecule has 0 heterocycles. The molecule has 0 atom stereocenters. The monoisotopic (exact) mass is 367 g/mol. The predicted octanol–water partition coefficient (Wildman–Crippen LogP) is 4.69. The van der Waals surface area contributed by atoms with Crippen LogP contribution < -0.4 is 14.8 Å². The second kappa shape index (κ2) is 11.1. The highest BCUT2D eigenvalue weighted by Crippen LogP contribution is 2.16. The largest absolute Gasteiger partial charge is 0.494 e. The number of carbonyl (C=O) groups excluding carboxylic acids is 1. The molecular weight excluding hydrogens is 338 g/mol. The van der Waals surface area contributed by atoms with Crippen molar-refractivity contribution in [1.29, 1.82) is 0 Å². The zero-order valence-corrected chi connectivity index (χ0v) is 16.5. The van der Waals surface area contributed by atoms with Crippen molar-refractivity contribution in [3.05, 3.63) is 65.2 Å². The van der Waals surface area contributed by atoms with E-state index in [0.717, 1.165) is 36.5 Å². The summed E-state index contributed by atoms with van der Waals surface area (Å²) in [5, 5.41) is 2.82. The quantitative estimate of drug-likeness (QED) is 0.489. The third-order valence-electron chi connectivity index (χ3n) is 3.94. The fraction of sp³-hybridized carbons (Fsp3) is 0.348. The predicted molar refractivity (Wildman–Crippen MR) is 110 cm³/mol. The van der Waals surface area contributed by atoms with Gasteiger partial charge in [0.05, 0.1) is 13.2 Å². The van der Waals surface area contributed by atoms with Gasteiger partial charge in [-0.15, -0.1) is 0 Å². The van der Waals surface area contributed by atoms with Crippen molar-refractivity contribution in [2.45, 2.75) is 33.6 Å². The van der Waals surface area contributed by atoms with Gasteiger partial charge in [-0.25, -0.2) is 0 Å². The number of nitrogens with one attached hydrogen (secondary N) is 1. The highest BCUT2D eigenvalue weighted by atomic mass is 16.5. The summed E-state index contributed by atoms with van der Waals surface area (Å²) < 4.78 is 11.3. The number of hydrogen-bond acceptors (Lipinski definition) is 3. The first-order chi connectivity index (χ1) is 13.1. The summed E-state index contributed by atoms with van der Waals surface area (Å²) in [6.07, 6.45) is 5.49. The highest BCUT2D eigenvalue weighted by molar-refractivity contribution is 5.91. The first-order valence-corrected chi connectivity index (χ1v) is 9.46.